The third kappa shape index (κ3) is 1.15. The van der Waals surface area contributed by atoms with Crippen molar-refractivity contribution in [3.05, 3.63) is 22.4 Å². The largest absolute Gasteiger partial charge is 0.225 e. The summed E-state index contributed by atoms with van der Waals surface area (Å²) in [4.78, 5) is 9.22. The zero-order valence-electron chi connectivity index (χ0n) is 6.83. The van der Waals surface area contributed by atoms with Gasteiger partial charge in [0.15, 0.2) is 0 Å². The summed E-state index contributed by atoms with van der Waals surface area (Å²) in [6.07, 6.45) is 4.10. The van der Waals surface area contributed by atoms with Crippen LogP contribution in [0.2, 0.25) is 5.15 Å². The Morgan fingerprint density at radius 2 is 2.23 bits per heavy atom. The summed E-state index contributed by atoms with van der Waals surface area (Å²) in [5, 5.41) is 3.85. The maximum atomic E-state index is 6.03. The summed E-state index contributed by atoms with van der Waals surface area (Å²) in [7, 11) is 0. The summed E-state index contributed by atoms with van der Waals surface area (Å²) in [5.41, 5.74) is 1.35. The molecule has 1 saturated carbocycles. The summed E-state index contributed by atoms with van der Waals surface area (Å²) < 4.78 is 0. The van der Waals surface area contributed by atoms with Crippen molar-refractivity contribution in [1.82, 2.24) is 9.97 Å². The molecular weight excluding hydrogens is 204 g/mol. The minimum atomic E-state index is 0.605. The number of rotatable bonds is 1. The van der Waals surface area contributed by atoms with Gasteiger partial charge < -0.3 is 0 Å². The van der Waals surface area contributed by atoms with Gasteiger partial charge in [-0.05, 0) is 29.7 Å². The molecule has 0 amide bonds. The molecule has 2 heterocycles. The van der Waals surface area contributed by atoms with E-state index in [0.29, 0.717) is 5.15 Å². The molecule has 0 atom stereocenters. The van der Waals surface area contributed by atoms with E-state index in [2.05, 4.69) is 15.3 Å². The summed E-state index contributed by atoms with van der Waals surface area (Å²) in [6.45, 7) is 0. The fraction of sp³-hybridized carbons (Fsp3) is 0.333. The van der Waals surface area contributed by atoms with Crippen LogP contribution in [-0.4, -0.2) is 9.97 Å². The van der Waals surface area contributed by atoms with E-state index >= 15 is 0 Å². The van der Waals surface area contributed by atoms with Crippen molar-refractivity contribution >= 4 is 33.2 Å². The Morgan fingerprint density at radius 1 is 1.38 bits per heavy atom. The van der Waals surface area contributed by atoms with Gasteiger partial charge in [-0.3, -0.25) is 0 Å². The standard InChI is InChI=1S/C9H7ClN2S/c10-8-7-6(5-1-2-5)3-13-9(7)12-4-11-8/h3-5H,1-2H2. The molecule has 3 rings (SSSR count). The molecule has 1 aliphatic carbocycles. The lowest BCUT2D eigenvalue weighted by Crippen LogP contribution is -1.82. The van der Waals surface area contributed by atoms with Gasteiger partial charge in [-0.25, -0.2) is 9.97 Å². The first-order chi connectivity index (χ1) is 6.36. The van der Waals surface area contributed by atoms with Crippen molar-refractivity contribution in [2.75, 3.05) is 0 Å². The Morgan fingerprint density at radius 3 is 3.00 bits per heavy atom. The van der Waals surface area contributed by atoms with Crippen molar-refractivity contribution < 1.29 is 0 Å². The fourth-order valence-electron chi connectivity index (χ4n) is 1.55. The van der Waals surface area contributed by atoms with Crippen LogP contribution in [0.25, 0.3) is 10.2 Å². The highest BCUT2D eigenvalue weighted by Crippen LogP contribution is 2.46. The third-order valence-electron chi connectivity index (χ3n) is 2.37. The van der Waals surface area contributed by atoms with Crippen molar-refractivity contribution in [2.45, 2.75) is 18.8 Å². The Balaban J connectivity index is 2.34. The normalized spacial score (nSPS) is 16.7. The minimum Gasteiger partial charge on any atom is -0.225 e. The highest BCUT2D eigenvalue weighted by atomic mass is 35.5. The molecule has 0 aliphatic heterocycles. The lowest BCUT2D eigenvalue weighted by Gasteiger charge is -1.95. The number of aromatic nitrogens is 2. The molecule has 1 fully saturated rings. The van der Waals surface area contributed by atoms with Crippen LogP contribution in [0, 0.1) is 0 Å². The van der Waals surface area contributed by atoms with Crippen molar-refractivity contribution in [3.63, 3.8) is 0 Å². The highest BCUT2D eigenvalue weighted by molar-refractivity contribution is 7.17. The number of nitrogens with zero attached hydrogens (tertiary/aromatic N) is 2. The van der Waals surface area contributed by atoms with E-state index in [4.69, 9.17) is 11.6 Å². The molecule has 2 nitrogen and oxygen atoms in total. The van der Waals surface area contributed by atoms with Crippen LogP contribution in [0.15, 0.2) is 11.7 Å². The van der Waals surface area contributed by atoms with Gasteiger partial charge in [-0.1, -0.05) is 11.6 Å². The average molecular weight is 211 g/mol. The smallest absolute Gasteiger partial charge is 0.141 e. The van der Waals surface area contributed by atoms with Crippen LogP contribution >= 0.6 is 22.9 Å². The minimum absolute atomic E-state index is 0.605. The lowest BCUT2D eigenvalue weighted by molar-refractivity contribution is 1.15. The van der Waals surface area contributed by atoms with E-state index < -0.39 is 0 Å². The number of thiophene rings is 1. The van der Waals surface area contributed by atoms with Crippen LogP contribution in [-0.2, 0) is 0 Å². The van der Waals surface area contributed by atoms with Gasteiger partial charge in [0.2, 0.25) is 0 Å². The van der Waals surface area contributed by atoms with E-state index in [1.807, 2.05) is 0 Å². The lowest BCUT2D eigenvalue weighted by atomic mass is 10.2. The number of fused-ring (bicyclic) bond motifs is 1. The first-order valence-electron chi connectivity index (χ1n) is 4.24. The van der Waals surface area contributed by atoms with Gasteiger partial charge in [0.1, 0.15) is 16.3 Å². The Kier molecular flexibility index (Phi) is 1.58. The SMILES string of the molecule is Clc1ncnc2scc(C3CC3)c12. The van der Waals surface area contributed by atoms with E-state index in [1.54, 1.807) is 11.3 Å². The molecular formula is C9H7ClN2S. The molecule has 2 aromatic heterocycles. The summed E-state index contributed by atoms with van der Waals surface area (Å²) in [6, 6.07) is 0. The molecule has 0 unspecified atom stereocenters. The average Bonchev–Trinajstić information content (AvgIpc) is 2.87. The van der Waals surface area contributed by atoms with Gasteiger partial charge in [-0.15, -0.1) is 11.3 Å². The maximum Gasteiger partial charge on any atom is 0.141 e. The van der Waals surface area contributed by atoms with Crippen LogP contribution in [0.4, 0.5) is 0 Å². The van der Waals surface area contributed by atoms with Crippen LogP contribution < -0.4 is 0 Å². The number of hydrogen-bond donors (Lipinski definition) is 0. The second-order valence-electron chi connectivity index (χ2n) is 3.31. The summed E-state index contributed by atoms with van der Waals surface area (Å²) in [5.74, 6) is 0.720. The molecule has 0 saturated heterocycles. The van der Waals surface area contributed by atoms with E-state index in [1.165, 1.54) is 24.7 Å². The van der Waals surface area contributed by atoms with Gasteiger partial charge in [0.05, 0.1) is 5.39 Å². The fourth-order valence-corrected chi connectivity index (χ4v) is 2.84. The third-order valence-corrected chi connectivity index (χ3v) is 3.56. The monoisotopic (exact) mass is 210 g/mol. The van der Waals surface area contributed by atoms with Crippen LogP contribution in [0.3, 0.4) is 0 Å². The first-order valence-corrected chi connectivity index (χ1v) is 5.49. The van der Waals surface area contributed by atoms with Gasteiger partial charge in [0.25, 0.3) is 0 Å². The van der Waals surface area contributed by atoms with Crippen molar-refractivity contribution in [1.29, 1.82) is 0 Å². The zero-order valence-corrected chi connectivity index (χ0v) is 8.40. The molecule has 4 heteroatoms. The van der Waals surface area contributed by atoms with E-state index in [-0.39, 0.29) is 0 Å². The Labute approximate surface area is 84.6 Å². The predicted molar refractivity (Wildman–Crippen MR) is 54.4 cm³/mol. The molecule has 2 aromatic rings. The van der Waals surface area contributed by atoms with Gasteiger partial charge in [-0.2, -0.15) is 0 Å². The first kappa shape index (κ1) is 7.71. The highest BCUT2D eigenvalue weighted by Gasteiger charge is 2.27. The summed E-state index contributed by atoms with van der Waals surface area (Å²) >= 11 is 7.69. The molecule has 0 bridgehead atoms. The molecule has 0 aromatic carbocycles. The Hall–Kier alpha value is -0.670. The second kappa shape index (κ2) is 2.66. The van der Waals surface area contributed by atoms with Gasteiger partial charge in [0, 0.05) is 0 Å². The topological polar surface area (TPSA) is 25.8 Å². The zero-order chi connectivity index (χ0) is 8.84. The molecule has 1 aliphatic rings. The number of hydrogen-bond acceptors (Lipinski definition) is 3. The van der Waals surface area contributed by atoms with Crippen molar-refractivity contribution in [2.24, 2.45) is 0 Å². The van der Waals surface area contributed by atoms with Gasteiger partial charge >= 0.3 is 0 Å². The maximum absolute atomic E-state index is 6.03. The molecule has 0 spiro atoms. The predicted octanol–water partition coefficient (Wildman–Crippen LogP) is 3.22. The molecule has 0 radical (unpaired) electrons. The molecule has 0 N–H and O–H groups in total. The van der Waals surface area contributed by atoms with E-state index in [9.17, 15) is 0 Å². The number of halogens is 1. The molecule has 13 heavy (non-hydrogen) atoms. The van der Waals surface area contributed by atoms with E-state index in [0.717, 1.165) is 16.1 Å². The van der Waals surface area contributed by atoms with Crippen LogP contribution in [0.5, 0.6) is 0 Å². The quantitative estimate of drug-likeness (QED) is 0.676. The second-order valence-corrected chi connectivity index (χ2v) is 4.53. The van der Waals surface area contributed by atoms with Crippen LogP contribution in [0.1, 0.15) is 24.3 Å². The molecule has 66 valence electrons. The Bertz CT molecular complexity index is 462. The van der Waals surface area contributed by atoms with Crippen molar-refractivity contribution in [3.8, 4) is 0 Å².